The lowest BCUT2D eigenvalue weighted by Crippen LogP contribution is -2.57. The normalized spacial score (nSPS) is 20.5. The van der Waals surface area contributed by atoms with E-state index in [1.54, 1.807) is 53.2 Å². The maximum atomic E-state index is 15.3. The van der Waals surface area contributed by atoms with Crippen LogP contribution in [0.15, 0.2) is 48.5 Å². The fourth-order valence-electron chi connectivity index (χ4n) is 4.44. The summed E-state index contributed by atoms with van der Waals surface area (Å²) in [6.45, 7) is 1.21. The molecule has 2 amide bonds. The number of rotatable bonds is 2. The molecule has 0 aromatic heterocycles. The number of halogens is 2. The van der Waals surface area contributed by atoms with Crippen molar-refractivity contribution in [3.63, 3.8) is 0 Å². The maximum Gasteiger partial charge on any atom is 0.320 e. The van der Waals surface area contributed by atoms with Crippen molar-refractivity contribution in [2.45, 2.75) is 37.5 Å². The number of carbonyl (C=O) groups is 1. The lowest BCUT2D eigenvalue weighted by Gasteiger charge is -2.49. The number of hydrogen-bond acceptors (Lipinski definition) is 3. The number of likely N-dealkylation sites (tertiary alicyclic amines) is 1. The Morgan fingerprint density at radius 3 is 2.52 bits per heavy atom. The van der Waals surface area contributed by atoms with Gasteiger partial charge in [-0.3, -0.25) is 0 Å². The highest BCUT2D eigenvalue weighted by molar-refractivity contribution is 5.74. The quantitative estimate of drug-likeness (QED) is 0.773. The fraction of sp³-hybridized carbons (Fsp3) is 0.409. The molecule has 1 spiro atoms. The average Bonchev–Trinajstić information content (AvgIpc) is 2.74. The van der Waals surface area contributed by atoms with Gasteiger partial charge in [0.2, 0.25) is 0 Å². The molecule has 1 atom stereocenters. The zero-order valence-corrected chi connectivity index (χ0v) is 16.4. The van der Waals surface area contributed by atoms with Crippen molar-refractivity contribution in [1.82, 2.24) is 9.80 Å². The Balaban J connectivity index is 1.41. The van der Waals surface area contributed by atoms with Gasteiger partial charge in [0.05, 0.1) is 17.3 Å². The molecule has 29 heavy (non-hydrogen) atoms. The van der Waals surface area contributed by atoms with Gasteiger partial charge in [-0.2, -0.15) is 0 Å². The summed E-state index contributed by atoms with van der Waals surface area (Å²) in [5, 5.41) is 11.3. The van der Waals surface area contributed by atoms with Gasteiger partial charge in [-0.15, -0.1) is 0 Å². The first-order valence-electron chi connectivity index (χ1n) is 9.87. The number of hydrogen-bond donors (Lipinski definition) is 1. The number of carbonyl (C=O) groups excluding carboxylic acids is 1. The Morgan fingerprint density at radius 2 is 1.83 bits per heavy atom. The first kappa shape index (κ1) is 19.6. The molecule has 154 valence electrons. The third-order valence-electron chi connectivity index (χ3n) is 6.12. The molecular weight excluding hydrogens is 376 g/mol. The monoisotopic (exact) mass is 401 g/mol. The molecule has 0 saturated carbocycles. The molecule has 1 unspecified atom stereocenters. The predicted molar refractivity (Wildman–Crippen MR) is 106 cm³/mol. The van der Waals surface area contributed by atoms with Gasteiger partial charge in [0, 0.05) is 38.7 Å². The second-order valence-electron chi connectivity index (χ2n) is 8.04. The molecular formula is C22H25F2N3O2. The third-order valence-corrected chi connectivity index (χ3v) is 6.12. The number of fused-ring (bicyclic) bond motifs is 1. The van der Waals surface area contributed by atoms with E-state index in [-0.39, 0.29) is 11.8 Å². The van der Waals surface area contributed by atoms with E-state index < -0.39 is 11.6 Å². The van der Waals surface area contributed by atoms with E-state index in [0.29, 0.717) is 50.1 Å². The van der Waals surface area contributed by atoms with Crippen LogP contribution in [0.1, 0.15) is 36.5 Å². The van der Waals surface area contributed by atoms with E-state index in [0.717, 1.165) is 10.7 Å². The Bertz CT molecular complexity index is 882. The largest absolute Gasteiger partial charge is 0.388 e. The molecule has 2 heterocycles. The Morgan fingerprint density at radius 1 is 1.17 bits per heavy atom. The first-order valence-corrected chi connectivity index (χ1v) is 9.87. The van der Waals surface area contributed by atoms with Crippen LogP contribution < -0.4 is 5.12 Å². The van der Waals surface area contributed by atoms with E-state index in [4.69, 9.17) is 0 Å². The van der Waals surface area contributed by atoms with Gasteiger partial charge in [-0.25, -0.2) is 14.3 Å². The number of nitrogens with zero attached hydrogens (tertiary/aromatic N) is 3. The van der Waals surface area contributed by atoms with E-state index in [1.807, 2.05) is 0 Å². The zero-order valence-electron chi connectivity index (χ0n) is 16.4. The van der Waals surface area contributed by atoms with Gasteiger partial charge < -0.3 is 14.9 Å². The molecule has 0 aliphatic carbocycles. The van der Waals surface area contributed by atoms with Gasteiger partial charge in [0.25, 0.3) is 0 Å². The lowest BCUT2D eigenvalue weighted by atomic mass is 9.77. The van der Waals surface area contributed by atoms with Gasteiger partial charge in [0.1, 0.15) is 5.82 Å². The van der Waals surface area contributed by atoms with E-state index >= 15 is 4.48 Å². The fourth-order valence-corrected chi connectivity index (χ4v) is 4.44. The molecule has 0 bridgehead atoms. The molecule has 2 aromatic carbocycles. The van der Waals surface area contributed by atoms with Crippen LogP contribution in [-0.4, -0.2) is 46.6 Å². The third kappa shape index (κ3) is 3.67. The highest BCUT2D eigenvalue weighted by Crippen LogP contribution is 2.47. The number of urea groups is 1. The van der Waals surface area contributed by atoms with Crippen molar-refractivity contribution < 1.29 is 18.8 Å². The maximum absolute atomic E-state index is 15.3. The molecule has 1 N–H and O–H groups in total. The number of benzene rings is 2. The molecule has 1 saturated heterocycles. The summed E-state index contributed by atoms with van der Waals surface area (Å²) in [5.74, 6) is -0.309. The summed E-state index contributed by atoms with van der Waals surface area (Å²) in [5.41, 5.74) is 1.08. The van der Waals surface area contributed by atoms with Crippen LogP contribution in [-0.2, 0) is 6.54 Å². The Kier molecular flexibility index (Phi) is 5.17. The van der Waals surface area contributed by atoms with E-state index in [2.05, 4.69) is 0 Å². The minimum atomic E-state index is -0.792. The van der Waals surface area contributed by atoms with E-state index in [9.17, 15) is 14.3 Å². The van der Waals surface area contributed by atoms with Crippen LogP contribution in [0.2, 0.25) is 0 Å². The van der Waals surface area contributed by atoms with Crippen LogP contribution in [0.25, 0.3) is 0 Å². The SMILES string of the molecule is CN(Cc1ccc(F)cc1)C(=O)N1CCC2(CC1)CC(O)c1ccccc1N2F. The van der Waals surface area contributed by atoms with Crippen molar-refractivity contribution in [1.29, 1.82) is 0 Å². The van der Waals surface area contributed by atoms with Crippen molar-refractivity contribution in [3.8, 4) is 0 Å². The molecule has 1 fully saturated rings. The zero-order chi connectivity index (χ0) is 20.6. The van der Waals surface area contributed by atoms with Crippen molar-refractivity contribution in [3.05, 3.63) is 65.5 Å². The topological polar surface area (TPSA) is 47.0 Å². The second-order valence-corrected chi connectivity index (χ2v) is 8.04. The summed E-state index contributed by atoms with van der Waals surface area (Å²) >= 11 is 0. The molecule has 5 nitrogen and oxygen atoms in total. The summed E-state index contributed by atoms with van der Waals surface area (Å²) in [4.78, 5) is 16.1. The van der Waals surface area contributed by atoms with Crippen LogP contribution in [0.3, 0.4) is 0 Å². The number of amides is 2. The van der Waals surface area contributed by atoms with Gasteiger partial charge in [-0.1, -0.05) is 34.8 Å². The number of aliphatic hydroxyl groups excluding tert-OH is 1. The molecule has 4 rings (SSSR count). The van der Waals surface area contributed by atoms with Crippen LogP contribution in [0.5, 0.6) is 0 Å². The van der Waals surface area contributed by atoms with E-state index in [1.165, 1.54) is 12.1 Å². The van der Waals surface area contributed by atoms with Gasteiger partial charge in [-0.05, 0) is 36.6 Å². The molecule has 2 aromatic rings. The molecule has 2 aliphatic rings. The van der Waals surface area contributed by atoms with Crippen molar-refractivity contribution in [2.75, 3.05) is 25.3 Å². The average molecular weight is 401 g/mol. The summed E-state index contributed by atoms with van der Waals surface area (Å²) in [7, 11) is 1.71. The molecule has 7 heteroatoms. The summed E-state index contributed by atoms with van der Waals surface area (Å²) in [6, 6.07) is 12.9. The minimum absolute atomic E-state index is 0.133. The Hall–Kier alpha value is -2.67. The number of anilines is 1. The first-order chi connectivity index (χ1) is 13.9. The van der Waals surface area contributed by atoms with Crippen LogP contribution in [0, 0.1) is 5.82 Å². The van der Waals surface area contributed by atoms with Gasteiger partial charge >= 0.3 is 6.03 Å². The van der Waals surface area contributed by atoms with Crippen LogP contribution in [0.4, 0.5) is 19.4 Å². The van der Waals surface area contributed by atoms with Gasteiger partial charge in [0.15, 0.2) is 0 Å². The lowest BCUT2D eigenvalue weighted by molar-refractivity contribution is 0.0524. The number of aliphatic hydroxyl groups is 1. The summed E-state index contributed by atoms with van der Waals surface area (Å²) in [6.07, 6.45) is 0.505. The number of piperidine rings is 1. The minimum Gasteiger partial charge on any atom is -0.388 e. The number of para-hydroxylation sites is 1. The Labute approximate surface area is 169 Å². The van der Waals surface area contributed by atoms with Crippen molar-refractivity contribution in [2.24, 2.45) is 0 Å². The standard InChI is InChI=1S/C22H25F2N3O2/c1-25(15-16-6-8-17(23)9-7-16)21(29)26-12-10-22(11-13-26)14-20(28)18-4-2-3-5-19(18)27(22)24/h2-9,20,28H,10-15H2,1H3. The molecule has 2 aliphatic heterocycles. The molecule has 0 radical (unpaired) electrons. The highest BCUT2D eigenvalue weighted by atomic mass is 19.2. The summed E-state index contributed by atoms with van der Waals surface area (Å²) < 4.78 is 28.3. The smallest absolute Gasteiger partial charge is 0.320 e. The van der Waals surface area contributed by atoms with Crippen LogP contribution >= 0.6 is 0 Å². The highest BCUT2D eigenvalue weighted by Gasteiger charge is 2.47. The van der Waals surface area contributed by atoms with Crippen molar-refractivity contribution >= 4 is 11.7 Å². The second kappa shape index (κ2) is 7.63. The predicted octanol–water partition coefficient (Wildman–Crippen LogP) is 4.04.